The number of halogens is 1. The Balaban J connectivity index is 2.05. The van der Waals surface area contributed by atoms with Crippen molar-refractivity contribution in [1.82, 2.24) is 9.88 Å². The topological polar surface area (TPSA) is 19.4 Å². The number of thiazole rings is 1. The number of rotatable bonds is 2. The summed E-state index contributed by atoms with van der Waals surface area (Å²) in [6.07, 6.45) is 0. The first kappa shape index (κ1) is 11.2. The molecule has 1 aliphatic rings. The first-order valence-electron chi connectivity index (χ1n) is 5.16. The van der Waals surface area contributed by atoms with Crippen LogP contribution in [0.25, 0.3) is 0 Å². The van der Waals surface area contributed by atoms with Gasteiger partial charge in [0, 0.05) is 31.1 Å². The summed E-state index contributed by atoms with van der Waals surface area (Å²) in [5.74, 6) is 0.514. The van der Waals surface area contributed by atoms with Gasteiger partial charge in [0.15, 0.2) is 5.13 Å². The van der Waals surface area contributed by atoms with E-state index in [9.17, 15) is 0 Å². The Bertz CT molecular complexity index is 328. The van der Waals surface area contributed by atoms with Crippen molar-refractivity contribution in [2.45, 2.75) is 18.8 Å². The van der Waals surface area contributed by atoms with Gasteiger partial charge in [-0.3, -0.25) is 0 Å². The molecule has 1 fully saturated rings. The van der Waals surface area contributed by atoms with Crippen LogP contribution in [0.2, 0.25) is 0 Å². The molecule has 2 rings (SSSR count). The smallest absolute Gasteiger partial charge is 0.185 e. The molecule has 0 aliphatic carbocycles. The third-order valence-electron chi connectivity index (χ3n) is 2.91. The molecule has 1 saturated heterocycles. The van der Waals surface area contributed by atoms with Crippen LogP contribution >= 0.6 is 22.9 Å². The van der Waals surface area contributed by atoms with E-state index in [0.717, 1.165) is 30.5 Å². The van der Waals surface area contributed by atoms with Crippen molar-refractivity contribution >= 4 is 28.1 Å². The van der Waals surface area contributed by atoms with Gasteiger partial charge in [0.1, 0.15) is 0 Å². The molecule has 0 bridgehead atoms. The van der Waals surface area contributed by atoms with E-state index in [2.05, 4.69) is 28.8 Å². The number of hydrogen-bond donors (Lipinski definition) is 0. The Labute approximate surface area is 99.7 Å². The SMILES string of the molecule is CC1CN(c2nc(CCl)cs2)CCN1C. The molecular weight excluding hydrogens is 230 g/mol. The lowest BCUT2D eigenvalue weighted by atomic mass is 10.2. The monoisotopic (exact) mass is 245 g/mol. The highest BCUT2D eigenvalue weighted by molar-refractivity contribution is 7.13. The number of hydrogen-bond acceptors (Lipinski definition) is 4. The molecule has 0 spiro atoms. The lowest BCUT2D eigenvalue weighted by Gasteiger charge is -2.37. The van der Waals surface area contributed by atoms with Gasteiger partial charge in [-0.25, -0.2) is 4.98 Å². The largest absolute Gasteiger partial charge is 0.345 e. The van der Waals surface area contributed by atoms with Crippen LogP contribution in [-0.2, 0) is 5.88 Å². The third kappa shape index (κ3) is 2.44. The maximum Gasteiger partial charge on any atom is 0.185 e. The highest BCUT2D eigenvalue weighted by Crippen LogP contribution is 2.23. The number of piperazine rings is 1. The summed E-state index contributed by atoms with van der Waals surface area (Å²) in [7, 11) is 2.17. The van der Waals surface area contributed by atoms with Gasteiger partial charge < -0.3 is 9.80 Å². The van der Waals surface area contributed by atoms with Gasteiger partial charge in [-0.1, -0.05) is 0 Å². The Kier molecular flexibility index (Phi) is 3.49. The number of likely N-dealkylation sites (N-methyl/N-ethyl adjacent to an activating group) is 1. The van der Waals surface area contributed by atoms with Crippen LogP contribution in [0.3, 0.4) is 0 Å². The number of nitrogens with zero attached hydrogens (tertiary/aromatic N) is 3. The van der Waals surface area contributed by atoms with Gasteiger partial charge in [-0.05, 0) is 14.0 Å². The molecule has 0 N–H and O–H groups in total. The minimum Gasteiger partial charge on any atom is -0.345 e. The van der Waals surface area contributed by atoms with Crippen molar-refractivity contribution in [3.8, 4) is 0 Å². The number of alkyl halides is 1. The molecule has 15 heavy (non-hydrogen) atoms. The van der Waals surface area contributed by atoms with Crippen LogP contribution in [-0.4, -0.2) is 42.6 Å². The Morgan fingerprint density at radius 2 is 2.40 bits per heavy atom. The summed E-state index contributed by atoms with van der Waals surface area (Å²) >= 11 is 7.44. The molecule has 1 aromatic heterocycles. The number of aromatic nitrogens is 1. The second-order valence-electron chi connectivity index (χ2n) is 4.03. The normalized spacial score (nSPS) is 23.4. The van der Waals surface area contributed by atoms with Crippen LogP contribution in [0.1, 0.15) is 12.6 Å². The van der Waals surface area contributed by atoms with Crippen molar-refractivity contribution in [2.75, 3.05) is 31.6 Å². The molecule has 0 radical (unpaired) electrons. The summed E-state index contributed by atoms with van der Waals surface area (Å²) in [5, 5.41) is 3.16. The van der Waals surface area contributed by atoms with Crippen LogP contribution in [0.5, 0.6) is 0 Å². The summed E-state index contributed by atoms with van der Waals surface area (Å²) in [5.41, 5.74) is 0.989. The van der Waals surface area contributed by atoms with Crippen LogP contribution in [0, 0.1) is 0 Å². The molecule has 3 nitrogen and oxygen atoms in total. The highest BCUT2D eigenvalue weighted by Gasteiger charge is 2.22. The van der Waals surface area contributed by atoms with Gasteiger partial charge in [-0.15, -0.1) is 22.9 Å². The van der Waals surface area contributed by atoms with Gasteiger partial charge >= 0.3 is 0 Å². The predicted octanol–water partition coefficient (Wildman–Crippen LogP) is 2.02. The molecule has 0 amide bonds. The van der Waals surface area contributed by atoms with E-state index in [-0.39, 0.29) is 0 Å². The van der Waals surface area contributed by atoms with Crippen molar-refractivity contribution in [2.24, 2.45) is 0 Å². The van der Waals surface area contributed by atoms with Crippen molar-refractivity contribution in [1.29, 1.82) is 0 Å². The summed E-state index contributed by atoms with van der Waals surface area (Å²) in [4.78, 5) is 9.24. The first-order chi connectivity index (χ1) is 7.20. The minimum atomic E-state index is 0.514. The van der Waals surface area contributed by atoms with E-state index in [0.29, 0.717) is 11.9 Å². The summed E-state index contributed by atoms with van der Waals surface area (Å²) in [6, 6.07) is 0.599. The second-order valence-corrected chi connectivity index (χ2v) is 5.13. The highest BCUT2D eigenvalue weighted by atomic mass is 35.5. The summed E-state index contributed by atoms with van der Waals surface area (Å²) in [6.45, 7) is 5.49. The van der Waals surface area contributed by atoms with Crippen LogP contribution in [0.15, 0.2) is 5.38 Å². The second kappa shape index (κ2) is 4.68. The zero-order valence-corrected chi connectivity index (χ0v) is 10.7. The van der Waals surface area contributed by atoms with E-state index < -0.39 is 0 Å². The Hall–Kier alpha value is -0.320. The van der Waals surface area contributed by atoms with Gasteiger partial charge in [0.25, 0.3) is 0 Å². The van der Waals surface area contributed by atoms with E-state index in [1.54, 1.807) is 11.3 Å². The van der Waals surface area contributed by atoms with E-state index in [1.807, 2.05) is 5.38 Å². The maximum absolute atomic E-state index is 5.75. The van der Waals surface area contributed by atoms with Gasteiger partial charge in [0.05, 0.1) is 11.6 Å². The van der Waals surface area contributed by atoms with Crippen molar-refractivity contribution < 1.29 is 0 Å². The molecule has 1 atom stereocenters. The lowest BCUT2D eigenvalue weighted by Crippen LogP contribution is -2.50. The molecule has 1 unspecified atom stereocenters. The first-order valence-corrected chi connectivity index (χ1v) is 6.57. The predicted molar refractivity (Wildman–Crippen MR) is 66.0 cm³/mol. The van der Waals surface area contributed by atoms with Crippen molar-refractivity contribution in [3.05, 3.63) is 11.1 Å². The molecule has 0 aromatic carbocycles. The Morgan fingerprint density at radius 3 is 3.00 bits per heavy atom. The van der Waals surface area contributed by atoms with Crippen molar-refractivity contribution in [3.63, 3.8) is 0 Å². The molecule has 84 valence electrons. The fourth-order valence-electron chi connectivity index (χ4n) is 1.73. The molecule has 2 heterocycles. The molecule has 5 heteroatoms. The quantitative estimate of drug-likeness (QED) is 0.744. The van der Waals surface area contributed by atoms with Crippen LogP contribution < -0.4 is 4.90 Å². The minimum absolute atomic E-state index is 0.514. The third-order valence-corrected chi connectivity index (χ3v) is 4.13. The average Bonchev–Trinajstić information content (AvgIpc) is 2.70. The lowest BCUT2D eigenvalue weighted by molar-refractivity contribution is 0.234. The Morgan fingerprint density at radius 1 is 1.60 bits per heavy atom. The zero-order valence-electron chi connectivity index (χ0n) is 9.11. The summed E-state index contributed by atoms with van der Waals surface area (Å²) < 4.78 is 0. The molecule has 1 aliphatic heterocycles. The fraction of sp³-hybridized carbons (Fsp3) is 0.700. The fourth-order valence-corrected chi connectivity index (χ4v) is 2.82. The van der Waals surface area contributed by atoms with Crippen LogP contribution in [0.4, 0.5) is 5.13 Å². The van der Waals surface area contributed by atoms with E-state index in [4.69, 9.17) is 11.6 Å². The van der Waals surface area contributed by atoms with E-state index >= 15 is 0 Å². The molecule has 0 saturated carbocycles. The zero-order chi connectivity index (χ0) is 10.8. The average molecular weight is 246 g/mol. The standard InChI is InChI=1S/C10H16ClN3S/c1-8-6-14(4-3-13(8)2)10-12-9(5-11)7-15-10/h7-8H,3-6H2,1-2H3. The van der Waals surface area contributed by atoms with E-state index in [1.165, 1.54) is 0 Å². The molecular formula is C10H16ClN3S. The van der Waals surface area contributed by atoms with Gasteiger partial charge in [-0.2, -0.15) is 0 Å². The molecule has 1 aromatic rings. The number of anilines is 1. The van der Waals surface area contributed by atoms with Gasteiger partial charge in [0.2, 0.25) is 0 Å². The maximum atomic E-state index is 5.75.